The van der Waals surface area contributed by atoms with Crippen LogP contribution in [0.25, 0.3) is 0 Å². The zero-order chi connectivity index (χ0) is 11.7. The number of aliphatic carboxylic acids is 1. The minimum atomic E-state index is -1.00. The van der Waals surface area contributed by atoms with Crippen molar-refractivity contribution in [3.63, 3.8) is 0 Å². The number of unbranched alkanes of at least 4 members (excludes halogenated alkanes) is 1. The van der Waals surface area contributed by atoms with E-state index in [2.05, 4.69) is 5.32 Å². The Bertz CT molecular complexity index is 244. The van der Waals surface area contributed by atoms with Crippen molar-refractivity contribution in [1.82, 2.24) is 5.32 Å². The SMILES string of the molecule is [2H]C=CC(=O)NCCCC[C@H](N)C(=O)O. The predicted molar refractivity (Wildman–Crippen MR) is 52.7 cm³/mol. The number of carboxylic acid groups (broad SMARTS) is 1. The van der Waals surface area contributed by atoms with Crippen molar-refractivity contribution in [1.29, 1.82) is 0 Å². The van der Waals surface area contributed by atoms with Crippen LogP contribution in [-0.2, 0) is 9.59 Å². The zero-order valence-corrected chi connectivity index (χ0v) is 7.90. The number of carboxylic acids is 1. The van der Waals surface area contributed by atoms with Crippen molar-refractivity contribution in [2.75, 3.05) is 6.54 Å². The predicted octanol–water partition coefficient (Wildman–Crippen LogP) is -0.129. The van der Waals surface area contributed by atoms with E-state index in [-0.39, 0.29) is 5.91 Å². The summed E-state index contributed by atoms with van der Waals surface area (Å²) in [6, 6.07) is -0.825. The summed E-state index contributed by atoms with van der Waals surface area (Å²) in [4.78, 5) is 21.1. The van der Waals surface area contributed by atoms with Crippen LogP contribution in [0.3, 0.4) is 0 Å². The van der Waals surface area contributed by atoms with Crippen LogP contribution in [0.4, 0.5) is 0 Å². The van der Waals surface area contributed by atoms with E-state index in [9.17, 15) is 9.59 Å². The van der Waals surface area contributed by atoms with E-state index in [4.69, 9.17) is 12.2 Å². The highest BCUT2D eigenvalue weighted by atomic mass is 16.4. The fraction of sp³-hybridized carbons (Fsp3) is 0.556. The van der Waals surface area contributed by atoms with E-state index >= 15 is 0 Å². The first-order valence-corrected chi connectivity index (χ1v) is 4.39. The van der Waals surface area contributed by atoms with E-state index in [1.165, 1.54) is 0 Å². The number of amides is 1. The van der Waals surface area contributed by atoms with Crippen LogP contribution in [0.1, 0.15) is 20.6 Å². The molecular weight excluding hydrogens is 184 g/mol. The number of rotatable bonds is 7. The molecule has 0 spiro atoms. The van der Waals surface area contributed by atoms with Gasteiger partial charge in [-0.3, -0.25) is 9.59 Å². The number of carbonyl (C=O) groups is 2. The standard InChI is InChI=1S/C9H16N2O3/c1-2-8(12)11-6-4-3-5-7(10)9(13)14/h2,7H,1,3-6,10H2,(H,11,12)(H,13,14)/t7-/m0/s1/i1D. The molecule has 0 rings (SSSR count). The maximum absolute atomic E-state index is 10.8. The third-order valence-corrected chi connectivity index (χ3v) is 1.71. The van der Waals surface area contributed by atoms with E-state index in [1.54, 1.807) is 0 Å². The Morgan fingerprint density at radius 3 is 2.93 bits per heavy atom. The van der Waals surface area contributed by atoms with Gasteiger partial charge in [0, 0.05) is 6.54 Å². The van der Waals surface area contributed by atoms with Gasteiger partial charge in [-0.2, -0.15) is 0 Å². The molecule has 1 atom stereocenters. The molecule has 0 heterocycles. The Labute approximate surface area is 84.4 Å². The molecule has 0 saturated heterocycles. The van der Waals surface area contributed by atoms with Gasteiger partial charge in [0.25, 0.3) is 0 Å². The molecule has 0 aliphatic rings. The Hall–Kier alpha value is -1.36. The number of hydrogen-bond acceptors (Lipinski definition) is 3. The fourth-order valence-electron chi connectivity index (χ4n) is 0.883. The second-order valence-corrected chi connectivity index (χ2v) is 2.90. The number of hydrogen-bond donors (Lipinski definition) is 3. The van der Waals surface area contributed by atoms with Crippen LogP contribution in [0.5, 0.6) is 0 Å². The number of carbonyl (C=O) groups excluding carboxylic acids is 1. The average molecular weight is 201 g/mol. The fourth-order valence-corrected chi connectivity index (χ4v) is 0.883. The van der Waals surface area contributed by atoms with Crippen molar-refractivity contribution < 1.29 is 16.1 Å². The highest BCUT2D eigenvalue weighted by Gasteiger charge is 2.09. The third kappa shape index (κ3) is 6.19. The van der Waals surface area contributed by atoms with Crippen LogP contribution in [0, 0.1) is 0 Å². The summed E-state index contributed by atoms with van der Waals surface area (Å²) < 4.78 is 6.63. The highest BCUT2D eigenvalue weighted by Crippen LogP contribution is 1.97. The Kier molecular flexibility index (Phi) is 5.42. The van der Waals surface area contributed by atoms with Crippen molar-refractivity contribution >= 4 is 11.9 Å². The summed E-state index contributed by atoms with van der Waals surface area (Å²) in [5.41, 5.74) is 5.28. The lowest BCUT2D eigenvalue weighted by molar-refractivity contribution is -0.138. The van der Waals surface area contributed by atoms with Crippen molar-refractivity contribution in [2.45, 2.75) is 25.3 Å². The second-order valence-electron chi connectivity index (χ2n) is 2.90. The first-order valence-electron chi connectivity index (χ1n) is 4.97. The van der Waals surface area contributed by atoms with E-state index < -0.39 is 12.0 Å². The van der Waals surface area contributed by atoms with Gasteiger partial charge in [0.05, 0.1) is 1.37 Å². The van der Waals surface area contributed by atoms with Crippen molar-refractivity contribution in [3.05, 3.63) is 12.6 Å². The van der Waals surface area contributed by atoms with Gasteiger partial charge in [0.1, 0.15) is 6.04 Å². The summed E-state index contributed by atoms with van der Waals surface area (Å²) in [5.74, 6) is -1.32. The van der Waals surface area contributed by atoms with Crippen LogP contribution in [0.2, 0.25) is 0 Å². The van der Waals surface area contributed by atoms with Crippen LogP contribution < -0.4 is 11.1 Å². The topological polar surface area (TPSA) is 92.4 Å². The van der Waals surface area contributed by atoms with E-state index in [0.717, 1.165) is 12.6 Å². The molecule has 0 aromatic carbocycles. The molecule has 0 fully saturated rings. The lowest BCUT2D eigenvalue weighted by Crippen LogP contribution is -2.30. The normalized spacial score (nSPS) is 13.6. The van der Waals surface area contributed by atoms with Crippen LogP contribution in [-0.4, -0.2) is 29.6 Å². The summed E-state index contributed by atoms with van der Waals surface area (Å²) in [7, 11) is 0. The van der Waals surface area contributed by atoms with E-state index in [1.807, 2.05) is 0 Å². The lowest BCUT2D eigenvalue weighted by Gasteiger charge is -2.05. The van der Waals surface area contributed by atoms with Gasteiger partial charge in [0.2, 0.25) is 5.91 Å². The van der Waals surface area contributed by atoms with Gasteiger partial charge < -0.3 is 16.2 Å². The van der Waals surface area contributed by atoms with Gasteiger partial charge in [-0.25, -0.2) is 0 Å². The molecule has 14 heavy (non-hydrogen) atoms. The molecule has 0 unspecified atom stereocenters. The first-order chi connectivity index (χ1) is 7.07. The molecule has 0 bridgehead atoms. The minimum Gasteiger partial charge on any atom is -0.480 e. The van der Waals surface area contributed by atoms with E-state index in [0.29, 0.717) is 25.8 Å². The number of nitrogens with one attached hydrogen (secondary N) is 1. The Morgan fingerprint density at radius 1 is 1.64 bits per heavy atom. The Balaban J connectivity index is 3.40. The average Bonchev–Trinajstić information content (AvgIpc) is 2.17. The van der Waals surface area contributed by atoms with Crippen LogP contribution in [0.15, 0.2) is 12.6 Å². The highest BCUT2D eigenvalue weighted by molar-refractivity contribution is 5.86. The molecule has 1 amide bonds. The molecule has 5 nitrogen and oxygen atoms in total. The first kappa shape index (κ1) is 10.7. The molecule has 0 radical (unpaired) electrons. The molecule has 0 aliphatic carbocycles. The van der Waals surface area contributed by atoms with Gasteiger partial charge in [-0.15, -0.1) is 0 Å². The van der Waals surface area contributed by atoms with Crippen LogP contribution >= 0.6 is 0 Å². The Morgan fingerprint density at radius 2 is 2.36 bits per heavy atom. The molecule has 0 aliphatic heterocycles. The molecule has 80 valence electrons. The smallest absolute Gasteiger partial charge is 0.320 e. The summed E-state index contributed by atoms with van der Waals surface area (Å²) in [6.45, 7) is 1.38. The largest absolute Gasteiger partial charge is 0.480 e. The van der Waals surface area contributed by atoms with Gasteiger partial charge in [-0.05, 0) is 25.3 Å². The molecule has 0 saturated carbocycles. The lowest BCUT2D eigenvalue weighted by atomic mass is 10.1. The quantitative estimate of drug-likeness (QED) is 0.395. The molecular formula is C9H16N2O3. The van der Waals surface area contributed by atoms with Gasteiger partial charge in [-0.1, -0.05) is 6.55 Å². The second kappa shape index (κ2) is 7.08. The minimum absolute atomic E-state index is 0.312. The summed E-state index contributed by atoms with van der Waals surface area (Å²) >= 11 is 0. The molecule has 5 heteroatoms. The summed E-state index contributed by atoms with van der Waals surface area (Å²) in [5, 5.41) is 11.0. The maximum Gasteiger partial charge on any atom is 0.320 e. The van der Waals surface area contributed by atoms with Gasteiger partial charge >= 0.3 is 5.97 Å². The molecule has 0 aromatic heterocycles. The number of nitrogens with two attached hydrogens (primary N) is 1. The maximum atomic E-state index is 10.8. The summed E-state index contributed by atoms with van der Waals surface area (Å²) in [6.07, 6.45) is 2.85. The molecule has 0 aromatic rings. The zero-order valence-electron chi connectivity index (χ0n) is 8.90. The van der Waals surface area contributed by atoms with Crippen molar-refractivity contribution in [3.8, 4) is 0 Å². The third-order valence-electron chi connectivity index (χ3n) is 1.71. The van der Waals surface area contributed by atoms with Crippen molar-refractivity contribution in [2.24, 2.45) is 5.73 Å². The monoisotopic (exact) mass is 201 g/mol. The van der Waals surface area contributed by atoms with Gasteiger partial charge in [0.15, 0.2) is 0 Å². The molecule has 4 N–H and O–H groups in total.